The van der Waals surface area contributed by atoms with Gasteiger partial charge < -0.3 is 14.2 Å². The smallest absolute Gasteiger partial charge is 0.377 e. The molecule has 1 heterocycles. The van der Waals surface area contributed by atoms with E-state index in [1.54, 1.807) is 0 Å². The van der Waals surface area contributed by atoms with E-state index in [9.17, 15) is 18.4 Å². The van der Waals surface area contributed by atoms with Gasteiger partial charge in [-0.3, -0.25) is 4.79 Å². The van der Waals surface area contributed by atoms with Crippen LogP contribution < -0.4 is 0 Å². The van der Waals surface area contributed by atoms with Crippen LogP contribution in [0.3, 0.4) is 0 Å². The SMILES string of the molecule is CCC1(OC2C3CC4C(OC(=O)C42)C3OC(=O)C(C)(F)F)C2CC3CC(C2)CC1C3. The van der Waals surface area contributed by atoms with Crippen molar-refractivity contribution in [2.75, 3.05) is 0 Å². The van der Waals surface area contributed by atoms with Gasteiger partial charge in [0.2, 0.25) is 0 Å². The third-order valence-electron chi connectivity index (χ3n) is 9.50. The topological polar surface area (TPSA) is 61.8 Å². The maximum absolute atomic E-state index is 13.5. The second-order valence-corrected chi connectivity index (χ2v) is 10.9. The monoisotopic (exact) mass is 424 g/mol. The molecular weight excluding hydrogens is 394 g/mol. The van der Waals surface area contributed by atoms with Gasteiger partial charge in [-0.25, -0.2) is 4.79 Å². The number of esters is 2. The number of hydrogen-bond acceptors (Lipinski definition) is 5. The molecule has 5 nitrogen and oxygen atoms in total. The molecule has 0 aromatic rings. The fourth-order valence-corrected chi connectivity index (χ4v) is 8.56. The average molecular weight is 424 g/mol. The summed E-state index contributed by atoms with van der Waals surface area (Å²) in [5.74, 6) is -3.49. The number of alkyl halides is 2. The van der Waals surface area contributed by atoms with Gasteiger partial charge in [0.1, 0.15) is 12.2 Å². The molecular formula is C23H30F2O5. The van der Waals surface area contributed by atoms with Gasteiger partial charge in [-0.05, 0) is 68.6 Å². The predicted octanol–water partition coefficient (Wildman–Crippen LogP) is 3.73. The highest BCUT2D eigenvalue weighted by molar-refractivity contribution is 5.79. The number of fused-ring (bicyclic) bond motifs is 1. The number of hydrogen-bond donors (Lipinski definition) is 0. The molecule has 6 aliphatic carbocycles. The number of carbonyl (C=O) groups is 2. The first kappa shape index (κ1) is 19.4. The first-order valence-electron chi connectivity index (χ1n) is 11.7. The van der Waals surface area contributed by atoms with Crippen LogP contribution in [-0.2, 0) is 23.8 Å². The van der Waals surface area contributed by atoms with Crippen molar-refractivity contribution in [3.63, 3.8) is 0 Å². The first-order valence-corrected chi connectivity index (χ1v) is 11.7. The molecule has 6 atom stereocenters. The second-order valence-electron chi connectivity index (χ2n) is 10.9. The van der Waals surface area contributed by atoms with Crippen LogP contribution in [0.15, 0.2) is 0 Å². The van der Waals surface area contributed by atoms with E-state index in [-0.39, 0.29) is 29.3 Å². The van der Waals surface area contributed by atoms with Gasteiger partial charge in [-0.15, -0.1) is 0 Å². The molecule has 0 aromatic heterocycles. The van der Waals surface area contributed by atoms with Crippen LogP contribution in [0.2, 0.25) is 0 Å². The largest absolute Gasteiger partial charge is 0.458 e. The number of rotatable bonds is 5. The molecule has 1 saturated heterocycles. The minimum Gasteiger partial charge on any atom is -0.458 e. The Morgan fingerprint density at radius 2 is 1.70 bits per heavy atom. The van der Waals surface area contributed by atoms with Gasteiger partial charge in [0, 0.05) is 18.8 Å². The molecule has 0 radical (unpaired) electrons. The molecule has 7 aliphatic rings. The van der Waals surface area contributed by atoms with Crippen molar-refractivity contribution >= 4 is 11.9 Å². The Morgan fingerprint density at radius 1 is 1.07 bits per heavy atom. The Morgan fingerprint density at radius 3 is 2.27 bits per heavy atom. The quantitative estimate of drug-likeness (QED) is 0.630. The zero-order valence-corrected chi connectivity index (χ0v) is 17.5. The maximum atomic E-state index is 13.5. The van der Waals surface area contributed by atoms with Gasteiger partial charge in [0.15, 0.2) is 0 Å². The Balaban J connectivity index is 1.29. The second kappa shape index (κ2) is 6.17. The minimum absolute atomic E-state index is 0.0958. The van der Waals surface area contributed by atoms with Gasteiger partial charge in [0.05, 0.1) is 17.6 Å². The average Bonchev–Trinajstić information content (AvgIpc) is 3.27. The van der Waals surface area contributed by atoms with Crippen molar-refractivity contribution in [3.8, 4) is 0 Å². The molecule has 0 amide bonds. The zero-order valence-electron chi connectivity index (χ0n) is 17.5. The Bertz CT molecular complexity index is 748. The number of halogens is 2. The predicted molar refractivity (Wildman–Crippen MR) is 100 cm³/mol. The third-order valence-corrected chi connectivity index (χ3v) is 9.50. The fraction of sp³-hybridized carbons (Fsp3) is 0.913. The van der Waals surface area contributed by atoms with Gasteiger partial charge >= 0.3 is 17.9 Å². The van der Waals surface area contributed by atoms with E-state index >= 15 is 0 Å². The molecule has 7 heteroatoms. The summed E-state index contributed by atoms with van der Waals surface area (Å²) in [5, 5.41) is 0. The van der Waals surface area contributed by atoms with Crippen LogP contribution in [0.1, 0.15) is 58.8 Å². The van der Waals surface area contributed by atoms with E-state index in [1.165, 1.54) is 32.1 Å². The summed E-state index contributed by atoms with van der Waals surface area (Å²) in [6.07, 6.45) is 5.83. The van der Waals surface area contributed by atoms with E-state index in [0.29, 0.717) is 25.2 Å². The highest BCUT2D eigenvalue weighted by Crippen LogP contribution is 2.64. The Hall–Kier alpha value is -1.24. The fourth-order valence-electron chi connectivity index (χ4n) is 8.56. The van der Waals surface area contributed by atoms with Crippen LogP contribution in [0.5, 0.6) is 0 Å². The van der Waals surface area contributed by atoms with Crippen LogP contribution >= 0.6 is 0 Å². The van der Waals surface area contributed by atoms with Crippen molar-refractivity contribution in [1.82, 2.24) is 0 Å². The summed E-state index contributed by atoms with van der Waals surface area (Å²) in [5.41, 5.74) is -0.246. The van der Waals surface area contributed by atoms with Crippen LogP contribution in [-0.4, -0.2) is 41.8 Å². The first-order chi connectivity index (χ1) is 14.2. The molecule has 6 bridgehead atoms. The lowest BCUT2D eigenvalue weighted by atomic mass is 9.49. The summed E-state index contributed by atoms with van der Waals surface area (Å²) in [6, 6.07) is 0. The summed E-state index contributed by atoms with van der Waals surface area (Å²) < 4.78 is 44.7. The van der Waals surface area contributed by atoms with E-state index in [2.05, 4.69) is 6.92 Å². The summed E-state index contributed by atoms with van der Waals surface area (Å²) in [6.45, 7) is 2.72. The normalized spacial score (nSPS) is 52.7. The Labute approximate surface area is 175 Å². The molecule has 1 aliphatic heterocycles. The van der Waals surface area contributed by atoms with E-state index < -0.39 is 30.2 Å². The lowest BCUT2D eigenvalue weighted by molar-refractivity contribution is -0.247. The lowest BCUT2D eigenvalue weighted by Gasteiger charge is -2.61. The van der Waals surface area contributed by atoms with E-state index in [1.807, 2.05) is 0 Å². The molecule has 6 unspecified atom stereocenters. The van der Waals surface area contributed by atoms with Crippen LogP contribution in [0.4, 0.5) is 8.78 Å². The molecule has 0 N–H and O–H groups in total. The van der Waals surface area contributed by atoms with Gasteiger partial charge in [-0.2, -0.15) is 8.78 Å². The summed E-state index contributed by atoms with van der Waals surface area (Å²) in [7, 11) is 0. The molecule has 7 rings (SSSR count). The van der Waals surface area contributed by atoms with Crippen molar-refractivity contribution in [2.45, 2.75) is 88.6 Å². The van der Waals surface area contributed by atoms with Crippen molar-refractivity contribution in [1.29, 1.82) is 0 Å². The molecule has 6 saturated carbocycles. The minimum atomic E-state index is -3.56. The standard InChI is InChI=1S/C23H30F2O5/c1-3-23(12-5-10-4-11(7-12)8-13(23)6-10)30-17-15-9-14-16(17)20(26)28-18(14)19(15)29-21(27)22(2,24)25/h10-19H,3-9H2,1-2H3. The van der Waals surface area contributed by atoms with E-state index in [4.69, 9.17) is 14.2 Å². The van der Waals surface area contributed by atoms with Crippen LogP contribution in [0, 0.1) is 41.4 Å². The van der Waals surface area contributed by atoms with Gasteiger partial charge in [-0.1, -0.05) is 6.92 Å². The van der Waals surface area contributed by atoms with Crippen molar-refractivity contribution < 1.29 is 32.6 Å². The highest BCUT2D eigenvalue weighted by Gasteiger charge is 2.71. The summed E-state index contributed by atoms with van der Waals surface area (Å²) in [4.78, 5) is 24.6. The lowest BCUT2D eigenvalue weighted by Crippen LogP contribution is -2.61. The summed E-state index contributed by atoms with van der Waals surface area (Å²) >= 11 is 0. The number of ether oxygens (including phenoxy) is 3. The molecule has 0 spiro atoms. The van der Waals surface area contributed by atoms with Crippen molar-refractivity contribution in [3.05, 3.63) is 0 Å². The molecule has 0 aromatic carbocycles. The molecule has 166 valence electrons. The Kier molecular flexibility index (Phi) is 4.00. The third kappa shape index (κ3) is 2.47. The molecule has 7 fully saturated rings. The van der Waals surface area contributed by atoms with Gasteiger partial charge in [0.25, 0.3) is 0 Å². The van der Waals surface area contributed by atoms with E-state index in [0.717, 1.165) is 18.3 Å². The highest BCUT2D eigenvalue weighted by atomic mass is 19.3. The maximum Gasteiger partial charge on any atom is 0.377 e. The van der Waals surface area contributed by atoms with Crippen molar-refractivity contribution in [2.24, 2.45) is 41.4 Å². The molecule has 30 heavy (non-hydrogen) atoms. The number of carbonyl (C=O) groups excluding carboxylic acids is 2. The zero-order chi connectivity index (χ0) is 21.0. The van der Waals surface area contributed by atoms with Crippen LogP contribution in [0.25, 0.3) is 0 Å².